The maximum atomic E-state index is 13.4. The smallest absolute Gasteiger partial charge is 0.255 e. The Kier molecular flexibility index (Phi) is 14.0. The first kappa shape index (κ1) is 38.6. The highest BCUT2D eigenvalue weighted by Gasteiger charge is 2.25. The highest BCUT2D eigenvalue weighted by molar-refractivity contribution is 6.04. The molecule has 0 saturated heterocycles. The fourth-order valence-corrected chi connectivity index (χ4v) is 6.53. The highest BCUT2D eigenvalue weighted by atomic mass is 16.3. The molecule has 1 heterocycles. The van der Waals surface area contributed by atoms with Gasteiger partial charge in [0, 0.05) is 66.9 Å². The van der Waals surface area contributed by atoms with Crippen LogP contribution in [-0.2, 0) is 11.3 Å². The number of hydrazine groups is 1. The molecule has 1 aliphatic heterocycles. The van der Waals surface area contributed by atoms with E-state index in [1.54, 1.807) is 53.5 Å². The van der Waals surface area contributed by atoms with Gasteiger partial charge in [-0.3, -0.25) is 14.4 Å². The predicted molar refractivity (Wildman–Crippen MR) is 211 cm³/mol. The lowest BCUT2D eigenvalue weighted by molar-refractivity contribution is -0.123. The summed E-state index contributed by atoms with van der Waals surface area (Å²) in [5.41, 5.74) is 13.7. The summed E-state index contributed by atoms with van der Waals surface area (Å²) in [6.45, 7) is 1.81. The second-order valence-corrected chi connectivity index (χ2v) is 13.3. The molecule has 0 bridgehead atoms. The van der Waals surface area contributed by atoms with Crippen LogP contribution in [0.1, 0.15) is 82.4 Å². The third-order valence-electron chi connectivity index (χ3n) is 9.42. The van der Waals surface area contributed by atoms with E-state index in [9.17, 15) is 14.4 Å². The van der Waals surface area contributed by atoms with Crippen molar-refractivity contribution in [2.24, 2.45) is 11.6 Å². The summed E-state index contributed by atoms with van der Waals surface area (Å²) in [7, 11) is 2.06. The summed E-state index contributed by atoms with van der Waals surface area (Å²) in [6.07, 6.45) is 4.94. The molecule has 5 rings (SSSR count). The number of benzene rings is 4. The van der Waals surface area contributed by atoms with E-state index in [4.69, 9.17) is 16.7 Å². The predicted octanol–water partition coefficient (Wildman–Crippen LogP) is 5.49. The number of rotatable bonds is 17. The number of nitrogens with zero attached hydrogens (tertiary/aromatic N) is 2. The number of aliphatic hydroxyl groups is 1. The van der Waals surface area contributed by atoms with Crippen LogP contribution in [0.2, 0.25) is 0 Å². The first-order chi connectivity index (χ1) is 25.8. The van der Waals surface area contributed by atoms with E-state index in [0.717, 1.165) is 53.8 Å². The molecule has 4 aromatic carbocycles. The maximum Gasteiger partial charge on any atom is 0.255 e. The Balaban J connectivity index is 1.24. The Morgan fingerprint density at radius 3 is 2.19 bits per heavy atom. The van der Waals surface area contributed by atoms with Gasteiger partial charge in [0.15, 0.2) is 0 Å². The van der Waals surface area contributed by atoms with Gasteiger partial charge in [-0.1, -0.05) is 73.5 Å². The summed E-state index contributed by atoms with van der Waals surface area (Å²) < 4.78 is 0. The number of hydrogen-bond acceptors (Lipinski definition) is 8. The maximum absolute atomic E-state index is 13.4. The Labute approximate surface area is 312 Å². The highest BCUT2D eigenvalue weighted by Crippen LogP contribution is 2.36. The van der Waals surface area contributed by atoms with E-state index in [1.807, 2.05) is 42.5 Å². The molecule has 1 aliphatic rings. The Morgan fingerprint density at radius 2 is 1.43 bits per heavy atom. The van der Waals surface area contributed by atoms with Crippen molar-refractivity contribution < 1.29 is 19.5 Å². The molecule has 278 valence electrons. The lowest BCUT2D eigenvalue weighted by Gasteiger charge is -2.32. The lowest BCUT2D eigenvalue weighted by Crippen LogP contribution is -2.47. The first-order valence-corrected chi connectivity index (χ1v) is 18.3. The number of carbonyl (C=O) groups is 3. The van der Waals surface area contributed by atoms with E-state index < -0.39 is 6.04 Å². The summed E-state index contributed by atoms with van der Waals surface area (Å²) in [5.74, 6) is 5.90. The number of anilines is 2. The number of carbonyl (C=O) groups excluding carboxylic acids is 3. The molecule has 3 amide bonds. The third-order valence-corrected chi connectivity index (χ3v) is 9.42. The van der Waals surface area contributed by atoms with Crippen LogP contribution in [0, 0.1) is 0 Å². The van der Waals surface area contributed by atoms with Gasteiger partial charge in [-0.05, 0) is 80.1 Å². The number of unbranched alkanes of at least 4 members (excludes halogenated alkanes) is 4. The molecule has 0 aliphatic carbocycles. The Morgan fingerprint density at radius 1 is 0.774 bits per heavy atom. The van der Waals surface area contributed by atoms with E-state index in [2.05, 4.69) is 40.0 Å². The molecule has 0 spiro atoms. The average Bonchev–Trinajstić information content (AvgIpc) is 3.17. The zero-order valence-corrected chi connectivity index (χ0v) is 30.4. The minimum atomic E-state index is -0.768. The van der Waals surface area contributed by atoms with Gasteiger partial charge in [0.05, 0.1) is 11.4 Å². The van der Waals surface area contributed by atoms with Crippen molar-refractivity contribution in [1.29, 1.82) is 0 Å². The van der Waals surface area contributed by atoms with Crippen molar-refractivity contribution in [2.45, 2.75) is 57.5 Å². The topological polar surface area (TPSA) is 166 Å². The minimum absolute atomic E-state index is 0.155. The Hall–Kier alpha value is -5.65. The van der Waals surface area contributed by atoms with Crippen molar-refractivity contribution in [3.8, 4) is 0 Å². The normalized spacial score (nSPS) is 14.2. The van der Waals surface area contributed by atoms with Crippen molar-refractivity contribution in [3.05, 3.63) is 131 Å². The quantitative estimate of drug-likeness (QED) is 0.0474. The average molecular weight is 718 g/mol. The molecule has 1 unspecified atom stereocenters. The largest absolute Gasteiger partial charge is 0.396 e. The fraction of sp³-hybridized carbons (Fsp3) is 0.310. The molecule has 53 heavy (non-hydrogen) atoms. The molecule has 0 radical (unpaired) electrons. The van der Waals surface area contributed by atoms with E-state index in [0.29, 0.717) is 61.4 Å². The molecule has 11 nitrogen and oxygen atoms in total. The number of amides is 3. The van der Waals surface area contributed by atoms with Crippen molar-refractivity contribution in [1.82, 2.24) is 15.6 Å². The van der Waals surface area contributed by atoms with Gasteiger partial charge in [0.25, 0.3) is 11.8 Å². The van der Waals surface area contributed by atoms with Gasteiger partial charge in [-0.15, -0.1) is 0 Å². The second kappa shape index (κ2) is 19.3. The van der Waals surface area contributed by atoms with Gasteiger partial charge in [0.2, 0.25) is 5.91 Å². The molecule has 0 aromatic heterocycles. The summed E-state index contributed by atoms with van der Waals surface area (Å²) in [4.78, 5) is 41.6. The molecule has 0 fully saturated rings. The third kappa shape index (κ3) is 10.5. The number of fused-ring (bicyclic) bond motifs is 2. The fourth-order valence-electron chi connectivity index (χ4n) is 6.53. The standard InChI is InChI=1S/C42H51N7O4/c1-48-29-32-17-7-8-18-34(32)38(43)39(35-19-9-10-21-37(35)48)49(44)27-13-11-20-36(42(53)45-26-12-2-3-14-28-50)47-41(52)31-22-24-33(25-23-31)46-40(51)30-15-5-4-6-16-30/h4-10,15-19,21-25,36,50H,2-3,11-14,20,26-29,43-44H2,1H3,(H,45,53)(H,46,51)(H,47,52)/b39-38-. The lowest BCUT2D eigenvalue weighted by atomic mass is 9.96. The molecule has 0 saturated carbocycles. The summed E-state index contributed by atoms with van der Waals surface area (Å²) in [5, 5.41) is 19.5. The zero-order chi connectivity index (χ0) is 37.6. The molecular formula is C42H51N7O4. The van der Waals surface area contributed by atoms with Crippen LogP contribution in [-0.4, -0.2) is 60.6 Å². The van der Waals surface area contributed by atoms with E-state index in [1.165, 1.54) is 0 Å². The van der Waals surface area contributed by atoms with Gasteiger partial charge >= 0.3 is 0 Å². The number of aliphatic hydroxyl groups excluding tert-OH is 1. The first-order valence-electron chi connectivity index (χ1n) is 18.3. The zero-order valence-electron chi connectivity index (χ0n) is 30.4. The van der Waals surface area contributed by atoms with Crippen LogP contribution in [0.5, 0.6) is 0 Å². The molecule has 4 aromatic rings. The van der Waals surface area contributed by atoms with Crippen molar-refractivity contribution >= 4 is 40.5 Å². The molecular weight excluding hydrogens is 667 g/mol. The molecule has 11 heteroatoms. The van der Waals surface area contributed by atoms with E-state index in [-0.39, 0.29) is 24.3 Å². The van der Waals surface area contributed by atoms with Gasteiger partial charge < -0.3 is 36.7 Å². The molecule has 8 N–H and O–H groups in total. The summed E-state index contributed by atoms with van der Waals surface area (Å²) >= 11 is 0. The van der Waals surface area contributed by atoms with Gasteiger partial charge in [-0.25, -0.2) is 5.84 Å². The number of nitrogens with two attached hydrogens (primary N) is 2. The van der Waals surface area contributed by atoms with Crippen LogP contribution >= 0.6 is 0 Å². The van der Waals surface area contributed by atoms with Crippen LogP contribution in [0.25, 0.3) is 11.4 Å². The van der Waals surface area contributed by atoms with Gasteiger partial charge in [-0.2, -0.15) is 0 Å². The monoisotopic (exact) mass is 717 g/mol. The Bertz CT molecular complexity index is 1860. The van der Waals surface area contributed by atoms with E-state index >= 15 is 0 Å². The number of hydrogen-bond donors (Lipinski definition) is 6. The number of nitrogens with one attached hydrogen (secondary N) is 3. The molecule has 1 atom stereocenters. The SMILES string of the molecule is CN1Cc2ccccc2/C(N)=C(/N(N)CCCCC(NC(=O)c2ccc(NC(=O)c3ccccc3)cc2)C(=O)NCCCCCCO)c2ccccc21. The van der Waals surface area contributed by atoms with Crippen LogP contribution in [0.15, 0.2) is 103 Å². The van der Waals surface area contributed by atoms with Crippen LogP contribution in [0.3, 0.4) is 0 Å². The van der Waals surface area contributed by atoms with Crippen molar-refractivity contribution in [2.75, 3.05) is 37.0 Å². The summed E-state index contributed by atoms with van der Waals surface area (Å²) in [6, 6.07) is 30.9. The van der Waals surface area contributed by atoms with Crippen LogP contribution < -0.4 is 32.4 Å². The van der Waals surface area contributed by atoms with Gasteiger partial charge in [0.1, 0.15) is 6.04 Å². The number of para-hydroxylation sites is 1. The second-order valence-electron chi connectivity index (χ2n) is 13.3. The minimum Gasteiger partial charge on any atom is -0.396 e. The van der Waals surface area contributed by atoms with Crippen molar-refractivity contribution in [3.63, 3.8) is 0 Å². The van der Waals surface area contributed by atoms with Crippen LogP contribution in [0.4, 0.5) is 11.4 Å².